The summed E-state index contributed by atoms with van der Waals surface area (Å²) in [6.45, 7) is 1.76. The van der Waals surface area contributed by atoms with Gasteiger partial charge < -0.3 is 26.0 Å². The SMILES string of the molecule is CC(=O)N(C(=O)[C@@H]1CCCN1)c1ccc(-c2ccc(CN(C(=O)C(N)c3ccccc3)C3C(=O)N4C(C(=O)O)=C(CSc5nnnn5C)CS[C@@H]34)c(=O)[nH]2)cc1. The number of thioether (sulfide) groups is 2. The minimum atomic E-state index is -1.28. The highest BCUT2D eigenvalue weighted by atomic mass is 32.2. The van der Waals surface area contributed by atoms with Crippen molar-refractivity contribution in [1.29, 1.82) is 0 Å². The summed E-state index contributed by atoms with van der Waals surface area (Å²) in [6.07, 6.45) is 1.49. The summed E-state index contributed by atoms with van der Waals surface area (Å²) in [6, 6.07) is 15.8. The second kappa shape index (κ2) is 16.2. The van der Waals surface area contributed by atoms with Gasteiger partial charge in [-0.2, -0.15) is 0 Å². The van der Waals surface area contributed by atoms with Crippen molar-refractivity contribution in [3.63, 3.8) is 0 Å². The van der Waals surface area contributed by atoms with E-state index in [0.29, 0.717) is 46.2 Å². The zero-order valence-corrected chi connectivity index (χ0v) is 32.0. The Morgan fingerprint density at radius 3 is 2.45 bits per heavy atom. The molecule has 0 aliphatic carbocycles. The van der Waals surface area contributed by atoms with E-state index in [1.807, 2.05) is 0 Å². The Morgan fingerprint density at radius 1 is 1.07 bits per heavy atom. The molecule has 5 N–H and O–H groups in total. The topological polar surface area (TPSA) is 230 Å². The minimum absolute atomic E-state index is 0.156. The number of nitrogens with zero attached hydrogens (tertiary/aromatic N) is 7. The standard InChI is InChI=1S/C37H38N10O7S2/c1-20(48)46(32(50)27-9-6-16-39-27)25-13-10-21(11-14-25)26-15-12-23(31(49)40-26)17-45(33(51)28(38)22-7-4-3-5-8-22)30-34(52)47-29(36(53)54)24(18-55-35(30)47)19-56-37-41-42-43-44(37)2/h3-5,7-8,10-15,27-28,30,35,39H,6,9,16-19,38H2,1-2H3,(H,40,49)(H,53,54)/t27-,28?,30?,35-/m0/s1. The van der Waals surface area contributed by atoms with E-state index >= 15 is 0 Å². The predicted octanol–water partition coefficient (Wildman–Crippen LogP) is 1.64. The number of benzene rings is 2. The van der Waals surface area contributed by atoms with Crippen LogP contribution in [0.3, 0.4) is 0 Å². The molecule has 4 atom stereocenters. The molecule has 56 heavy (non-hydrogen) atoms. The molecule has 2 unspecified atom stereocenters. The van der Waals surface area contributed by atoms with E-state index in [9.17, 15) is 33.9 Å². The third-order valence-electron chi connectivity index (χ3n) is 9.88. The number of rotatable bonds is 12. The predicted molar refractivity (Wildman–Crippen MR) is 207 cm³/mol. The molecule has 19 heteroatoms. The minimum Gasteiger partial charge on any atom is -0.477 e. The van der Waals surface area contributed by atoms with Gasteiger partial charge in [-0.1, -0.05) is 54.2 Å². The Balaban J connectivity index is 1.14. The number of nitrogens with one attached hydrogen (secondary N) is 2. The van der Waals surface area contributed by atoms with Crippen LogP contribution in [0.2, 0.25) is 0 Å². The number of carbonyl (C=O) groups excluding carboxylic acids is 4. The van der Waals surface area contributed by atoms with Gasteiger partial charge in [-0.05, 0) is 70.8 Å². The highest BCUT2D eigenvalue weighted by Gasteiger charge is 2.57. The smallest absolute Gasteiger partial charge is 0.352 e. The number of hydrogen-bond donors (Lipinski definition) is 4. The molecule has 0 radical (unpaired) electrons. The molecule has 0 spiro atoms. The lowest BCUT2D eigenvalue weighted by Crippen LogP contribution is -2.71. The van der Waals surface area contributed by atoms with Crippen molar-refractivity contribution < 1.29 is 29.1 Å². The van der Waals surface area contributed by atoms with E-state index in [4.69, 9.17) is 5.73 Å². The van der Waals surface area contributed by atoms with Crippen LogP contribution in [0.5, 0.6) is 0 Å². The Morgan fingerprint density at radius 2 is 1.82 bits per heavy atom. The number of aliphatic carboxylic acids is 1. The molecule has 2 aromatic heterocycles. The summed E-state index contributed by atoms with van der Waals surface area (Å²) in [5.41, 5.74) is 8.43. The molecule has 0 saturated carbocycles. The third kappa shape index (κ3) is 7.49. The van der Waals surface area contributed by atoms with Gasteiger partial charge in [-0.25, -0.2) is 14.4 Å². The molecule has 2 saturated heterocycles. The van der Waals surface area contributed by atoms with E-state index in [1.54, 1.807) is 73.8 Å². The van der Waals surface area contributed by atoms with Gasteiger partial charge in [-0.3, -0.25) is 28.9 Å². The number of carboxylic acids is 1. The lowest BCUT2D eigenvalue weighted by Gasteiger charge is -2.53. The number of carboxylic acid groups (broad SMARTS) is 1. The van der Waals surface area contributed by atoms with Gasteiger partial charge >= 0.3 is 5.97 Å². The highest BCUT2D eigenvalue weighted by molar-refractivity contribution is 8.01. The Hall–Kier alpha value is -5.63. The summed E-state index contributed by atoms with van der Waals surface area (Å²) in [5.74, 6) is -2.74. The van der Waals surface area contributed by atoms with Gasteiger partial charge in [0.1, 0.15) is 23.2 Å². The molecule has 4 amide bonds. The van der Waals surface area contributed by atoms with Crippen LogP contribution < -0.4 is 21.5 Å². The second-order valence-corrected chi connectivity index (χ2v) is 15.5. The fourth-order valence-corrected chi connectivity index (χ4v) is 9.41. The van der Waals surface area contributed by atoms with Gasteiger partial charge in [-0.15, -0.1) is 16.9 Å². The second-order valence-electron chi connectivity index (χ2n) is 13.5. The number of H-pyrrole nitrogens is 1. The fourth-order valence-electron chi connectivity index (χ4n) is 7.00. The maximum atomic E-state index is 14.2. The van der Waals surface area contributed by atoms with Crippen LogP contribution in [0, 0.1) is 0 Å². The first-order valence-electron chi connectivity index (χ1n) is 17.7. The van der Waals surface area contributed by atoms with E-state index < -0.39 is 52.7 Å². The average molecular weight is 799 g/mol. The van der Waals surface area contributed by atoms with Crippen molar-refractivity contribution in [3.8, 4) is 11.3 Å². The maximum absolute atomic E-state index is 14.2. The van der Waals surface area contributed by atoms with Gasteiger partial charge in [0.2, 0.25) is 17.0 Å². The number of pyridine rings is 1. The van der Waals surface area contributed by atoms with E-state index in [-0.39, 0.29) is 35.2 Å². The number of carbonyl (C=O) groups is 5. The van der Waals surface area contributed by atoms with E-state index in [0.717, 1.165) is 11.3 Å². The third-order valence-corrected chi connectivity index (χ3v) is 12.3. The molecule has 17 nitrogen and oxygen atoms in total. The summed E-state index contributed by atoms with van der Waals surface area (Å²) >= 11 is 2.56. The molecule has 2 aromatic carbocycles. The van der Waals surface area contributed by atoms with Gasteiger partial charge in [0, 0.05) is 36.7 Å². The van der Waals surface area contributed by atoms with Crippen LogP contribution in [0.25, 0.3) is 11.3 Å². The van der Waals surface area contributed by atoms with Crippen LogP contribution in [-0.4, -0.2) is 105 Å². The number of aryl methyl sites for hydroxylation is 1. The lowest BCUT2D eigenvalue weighted by molar-refractivity contribution is -0.161. The molecule has 5 heterocycles. The molecule has 3 aliphatic heterocycles. The number of aromatic amines is 1. The van der Waals surface area contributed by atoms with Crippen LogP contribution in [0.1, 0.15) is 36.9 Å². The summed E-state index contributed by atoms with van der Waals surface area (Å²) < 4.78 is 1.46. The highest BCUT2D eigenvalue weighted by Crippen LogP contribution is 2.44. The van der Waals surface area contributed by atoms with Crippen molar-refractivity contribution in [1.82, 2.24) is 40.3 Å². The van der Waals surface area contributed by atoms with Crippen molar-refractivity contribution in [2.75, 3.05) is 23.0 Å². The van der Waals surface area contributed by atoms with Crippen LogP contribution in [0.15, 0.2) is 88.0 Å². The van der Waals surface area contributed by atoms with Crippen molar-refractivity contribution in [2.24, 2.45) is 12.8 Å². The van der Waals surface area contributed by atoms with Crippen LogP contribution in [-0.2, 0) is 37.6 Å². The quantitative estimate of drug-likeness (QED) is 0.118. The van der Waals surface area contributed by atoms with Gasteiger partial charge in [0.15, 0.2) is 0 Å². The van der Waals surface area contributed by atoms with E-state index in [2.05, 4.69) is 25.8 Å². The molecule has 3 aliphatic rings. The van der Waals surface area contributed by atoms with Crippen LogP contribution in [0.4, 0.5) is 5.69 Å². The van der Waals surface area contributed by atoms with Crippen molar-refractivity contribution in [3.05, 3.63) is 99.5 Å². The van der Waals surface area contributed by atoms with Crippen LogP contribution >= 0.6 is 23.5 Å². The summed E-state index contributed by atoms with van der Waals surface area (Å²) in [4.78, 5) is 86.5. The number of tetrazole rings is 1. The number of hydrogen-bond acceptors (Lipinski definition) is 13. The number of imide groups is 1. The zero-order valence-electron chi connectivity index (χ0n) is 30.3. The number of β-lactam (4-membered cyclic amide) rings is 1. The normalized spacial score (nSPS) is 19.6. The number of aromatic nitrogens is 5. The number of nitrogens with two attached hydrogens (primary N) is 1. The van der Waals surface area contributed by atoms with Crippen molar-refractivity contribution >= 4 is 58.8 Å². The maximum Gasteiger partial charge on any atom is 0.352 e. The zero-order chi connectivity index (χ0) is 39.7. The number of anilines is 1. The molecule has 290 valence electrons. The van der Waals surface area contributed by atoms with Gasteiger partial charge in [0.05, 0.1) is 18.3 Å². The first-order chi connectivity index (χ1) is 26.9. The average Bonchev–Trinajstić information content (AvgIpc) is 3.89. The summed E-state index contributed by atoms with van der Waals surface area (Å²) in [7, 11) is 1.66. The van der Waals surface area contributed by atoms with Crippen molar-refractivity contribution in [2.45, 2.75) is 55.0 Å². The molecule has 2 fully saturated rings. The molecule has 0 bridgehead atoms. The molecular weight excluding hydrogens is 761 g/mol. The lowest BCUT2D eigenvalue weighted by atomic mass is 9.98. The first kappa shape index (κ1) is 38.6. The monoisotopic (exact) mass is 798 g/mol. The largest absolute Gasteiger partial charge is 0.477 e. The van der Waals surface area contributed by atoms with E-state index in [1.165, 1.54) is 44.9 Å². The number of amides is 4. The first-order valence-corrected chi connectivity index (χ1v) is 19.7. The Kier molecular flexibility index (Phi) is 11.2. The fraction of sp³-hybridized carbons (Fsp3) is 0.324. The number of fused-ring (bicyclic) bond motifs is 1. The summed E-state index contributed by atoms with van der Waals surface area (Å²) in [5, 5.41) is 24.5. The molecule has 4 aromatic rings. The molecule has 7 rings (SSSR count). The Bertz CT molecular complexity index is 2270. The van der Waals surface area contributed by atoms with Gasteiger partial charge in [0.25, 0.3) is 17.4 Å². The molecular formula is C37H38N10O7S2. The Labute approximate surface area is 328 Å².